The molecule has 1 aliphatic rings. The normalized spacial score (nSPS) is 19.4. The van der Waals surface area contributed by atoms with E-state index < -0.39 is 0 Å². The molecule has 3 heteroatoms. The Labute approximate surface area is 122 Å². The van der Waals surface area contributed by atoms with E-state index in [1.165, 1.54) is 37.8 Å². The van der Waals surface area contributed by atoms with Gasteiger partial charge in [0.15, 0.2) is 0 Å². The molecule has 1 fully saturated rings. The van der Waals surface area contributed by atoms with Crippen molar-refractivity contribution in [2.75, 3.05) is 13.1 Å². The minimum atomic E-state index is -0.175. The first-order valence-electron chi connectivity index (χ1n) is 7.80. The fourth-order valence-electron chi connectivity index (χ4n) is 3.63. The van der Waals surface area contributed by atoms with Crippen LogP contribution in [0.5, 0.6) is 0 Å². The molecule has 20 heavy (non-hydrogen) atoms. The average molecular weight is 278 g/mol. The third kappa shape index (κ3) is 3.39. The molecule has 2 N–H and O–H groups in total. The van der Waals surface area contributed by atoms with Gasteiger partial charge in [0.25, 0.3) is 0 Å². The summed E-state index contributed by atoms with van der Waals surface area (Å²) >= 11 is 0. The molecule has 2 rings (SSSR count). The molecule has 0 bridgehead atoms. The van der Waals surface area contributed by atoms with E-state index in [-0.39, 0.29) is 11.4 Å². The standard InChI is InChI=1S/C17H27FN2/c1-3-20(16-6-4-5-7-16)17(2,13-19)12-14-8-10-15(18)11-9-14/h8-11,16H,3-7,12-13,19H2,1-2H3. The summed E-state index contributed by atoms with van der Waals surface area (Å²) in [5, 5.41) is 0. The van der Waals surface area contributed by atoms with Crippen LogP contribution in [0.3, 0.4) is 0 Å². The predicted octanol–water partition coefficient (Wildman–Crippen LogP) is 3.35. The fourth-order valence-corrected chi connectivity index (χ4v) is 3.63. The zero-order chi connectivity index (χ0) is 14.6. The van der Waals surface area contributed by atoms with Crippen LogP contribution >= 0.6 is 0 Å². The van der Waals surface area contributed by atoms with Gasteiger partial charge in [0.1, 0.15) is 5.82 Å². The minimum Gasteiger partial charge on any atom is -0.329 e. The maximum absolute atomic E-state index is 13.0. The molecule has 0 aromatic heterocycles. The van der Waals surface area contributed by atoms with Crippen LogP contribution in [0.2, 0.25) is 0 Å². The van der Waals surface area contributed by atoms with Gasteiger partial charge in [0.05, 0.1) is 0 Å². The topological polar surface area (TPSA) is 29.3 Å². The van der Waals surface area contributed by atoms with Crippen molar-refractivity contribution >= 4 is 0 Å². The van der Waals surface area contributed by atoms with Crippen LogP contribution in [0.1, 0.15) is 45.1 Å². The maximum atomic E-state index is 13.0. The van der Waals surface area contributed by atoms with Gasteiger partial charge in [-0.15, -0.1) is 0 Å². The van der Waals surface area contributed by atoms with E-state index in [4.69, 9.17) is 5.73 Å². The van der Waals surface area contributed by atoms with Gasteiger partial charge in [-0.25, -0.2) is 4.39 Å². The number of benzene rings is 1. The van der Waals surface area contributed by atoms with E-state index in [0.717, 1.165) is 18.5 Å². The highest BCUT2D eigenvalue weighted by atomic mass is 19.1. The molecule has 1 aromatic rings. The van der Waals surface area contributed by atoms with Crippen LogP contribution < -0.4 is 5.73 Å². The fraction of sp³-hybridized carbons (Fsp3) is 0.647. The molecule has 0 radical (unpaired) electrons. The minimum absolute atomic E-state index is 0.0401. The van der Waals surface area contributed by atoms with Crippen LogP contribution in [-0.4, -0.2) is 29.6 Å². The average Bonchev–Trinajstić information content (AvgIpc) is 2.96. The number of halogens is 1. The summed E-state index contributed by atoms with van der Waals surface area (Å²) in [6.45, 7) is 6.13. The summed E-state index contributed by atoms with van der Waals surface area (Å²) < 4.78 is 13.0. The van der Waals surface area contributed by atoms with Crippen LogP contribution in [0, 0.1) is 5.82 Å². The lowest BCUT2D eigenvalue weighted by atomic mass is 9.89. The van der Waals surface area contributed by atoms with Gasteiger partial charge in [-0.05, 0) is 50.4 Å². The second-order valence-corrected chi connectivity index (χ2v) is 6.23. The van der Waals surface area contributed by atoms with Gasteiger partial charge in [-0.2, -0.15) is 0 Å². The van der Waals surface area contributed by atoms with E-state index >= 15 is 0 Å². The van der Waals surface area contributed by atoms with Crippen LogP contribution in [0.4, 0.5) is 4.39 Å². The maximum Gasteiger partial charge on any atom is 0.123 e. The second kappa shape index (κ2) is 6.68. The lowest BCUT2D eigenvalue weighted by Crippen LogP contribution is -2.56. The van der Waals surface area contributed by atoms with Gasteiger partial charge in [-0.3, -0.25) is 4.90 Å². The Bertz CT molecular complexity index is 412. The summed E-state index contributed by atoms with van der Waals surface area (Å²) in [5.41, 5.74) is 7.24. The number of likely N-dealkylation sites (N-methyl/N-ethyl adjacent to an activating group) is 1. The zero-order valence-corrected chi connectivity index (χ0v) is 12.7. The summed E-state index contributed by atoms with van der Waals surface area (Å²) in [7, 11) is 0. The molecule has 1 aliphatic carbocycles. The van der Waals surface area contributed by atoms with Gasteiger partial charge in [-0.1, -0.05) is 31.9 Å². The quantitative estimate of drug-likeness (QED) is 0.864. The number of hydrogen-bond acceptors (Lipinski definition) is 2. The molecule has 1 saturated carbocycles. The predicted molar refractivity (Wildman–Crippen MR) is 82.2 cm³/mol. The smallest absolute Gasteiger partial charge is 0.123 e. The molecule has 0 saturated heterocycles. The summed E-state index contributed by atoms with van der Waals surface area (Å²) in [5.74, 6) is -0.175. The van der Waals surface area contributed by atoms with Gasteiger partial charge >= 0.3 is 0 Å². The van der Waals surface area contributed by atoms with Crippen LogP contribution in [0.25, 0.3) is 0 Å². The summed E-state index contributed by atoms with van der Waals surface area (Å²) in [6.07, 6.45) is 6.12. The van der Waals surface area contributed by atoms with Gasteiger partial charge in [0.2, 0.25) is 0 Å². The Balaban J connectivity index is 2.15. The van der Waals surface area contributed by atoms with Crippen molar-refractivity contribution in [3.8, 4) is 0 Å². The third-order valence-corrected chi connectivity index (χ3v) is 4.74. The molecule has 1 atom stereocenters. The Morgan fingerprint density at radius 2 is 1.85 bits per heavy atom. The Morgan fingerprint density at radius 3 is 2.35 bits per heavy atom. The van der Waals surface area contributed by atoms with Crippen molar-refractivity contribution in [3.05, 3.63) is 35.6 Å². The van der Waals surface area contributed by atoms with E-state index in [1.54, 1.807) is 0 Å². The molecule has 1 aromatic carbocycles. The summed E-state index contributed by atoms with van der Waals surface area (Å²) in [4.78, 5) is 2.57. The van der Waals surface area contributed by atoms with E-state index in [1.807, 2.05) is 12.1 Å². The van der Waals surface area contributed by atoms with Gasteiger partial charge in [0, 0.05) is 18.1 Å². The molecule has 0 heterocycles. The highest BCUT2D eigenvalue weighted by Gasteiger charge is 2.35. The molecular weight excluding hydrogens is 251 g/mol. The van der Waals surface area contributed by atoms with E-state index in [9.17, 15) is 4.39 Å². The monoisotopic (exact) mass is 278 g/mol. The lowest BCUT2D eigenvalue weighted by molar-refractivity contribution is 0.0688. The van der Waals surface area contributed by atoms with Crippen molar-refractivity contribution < 1.29 is 4.39 Å². The van der Waals surface area contributed by atoms with Crippen LogP contribution in [-0.2, 0) is 6.42 Å². The third-order valence-electron chi connectivity index (χ3n) is 4.74. The Kier molecular flexibility index (Phi) is 5.17. The molecule has 0 amide bonds. The Morgan fingerprint density at radius 1 is 1.25 bits per heavy atom. The largest absolute Gasteiger partial charge is 0.329 e. The van der Waals surface area contributed by atoms with Crippen LogP contribution in [0.15, 0.2) is 24.3 Å². The summed E-state index contributed by atoms with van der Waals surface area (Å²) in [6, 6.07) is 7.50. The molecule has 0 aliphatic heterocycles. The number of hydrogen-bond donors (Lipinski definition) is 1. The molecule has 112 valence electrons. The lowest BCUT2D eigenvalue weighted by Gasteiger charge is -2.44. The van der Waals surface area contributed by atoms with Crippen molar-refractivity contribution in [2.24, 2.45) is 5.73 Å². The van der Waals surface area contributed by atoms with E-state index in [0.29, 0.717) is 12.6 Å². The van der Waals surface area contributed by atoms with Crippen molar-refractivity contribution in [1.82, 2.24) is 4.90 Å². The number of nitrogens with zero attached hydrogens (tertiary/aromatic N) is 1. The highest BCUT2D eigenvalue weighted by molar-refractivity contribution is 5.19. The molecule has 2 nitrogen and oxygen atoms in total. The Hall–Kier alpha value is -0.930. The molecule has 1 unspecified atom stereocenters. The molecule has 0 spiro atoms. The number of nitrogens with two attached hydrogens (primary N) is 1. The second-order valence-electron chi connectivity index (χ2n) is 6.23. The first kappa shape index (κ1) is 15.5. The first-order chi connectivity index (χ1) is 9.59. The van der Waals surface area contributed by atoms with Crippen molar-refractivity contribution in [2.45, 2.75) is 57.5 Å². The van der Waals surface area contributed by atoms with Crippen molar-refractivity contribution in [3.63, 3.8) is 0 Å². The van der Waals surface area contributed by atoms with E-state index in [2.05, 4.69) is 18.7 Å². The number of rotatable bonds is 6. The first-order valence-corrected chi connectivity index (χ1v) is 7.80. The SMILES string of the molecule is CCN(C1CCCC1)C(C)(CN)Cc1ccc(F)cc1. The molecular formula is C17H27FN2. The van der Waals surface area contributed by atoms with Crippen molar-refractivity contribution in [1.29, 1.82) is 0 Å². The van der Waals surface area contributed by atoms with Gasteiger partial charge < -0.3 is 5.73 Å². The highest BCUT2D eigenvalue weighted by Crippen LogP contribution is 2.30. The zero-order valence-electron chi connectivity index (χ0n) is 12.7.